The van der Waals surface area contributed by atoms with Gasteiger partial charge in [-0.3, -0.25) is 4.79 Å². The van der Waals surface area contributed by atoms with E-state index in [0.29, 0.717) is 35.6 Å². The van der Waals surface area contributed by atoms with E-state index in [2.05, 4.69) is 5.32 Å². The molecule has 1 aliphatic carbocycles. The Morgan fingerprint density at radius 2 is 1.76 bits per heavy atom. The van der Waals surface area contributed by atoms with Gasteiger partial charge in [0, 0.05) is 30.3 Å². The number of hydrogen-bond donors (Lipinski definition) is 1. The van der Waals surface area contributed by atoms with Crippen molar-refractivity contribution in [3.63, 3.8) is 0 Å². The standard InChI is InChI=1S/C24H30ClFN2O4S.H2S/c1-17(16-32-2)27-24(29)19-9-7-18(8-10-19)15-28(23-6-4-3-5-22(23)26)33(30,31)21-13-11-20(25)12-14-21;/h7-14,17,22-23H,3-6,15-16H2,1-2H3,(H,27,29);1H2/t17-,22?,23?;/m0./s1. The van der Waals surface area contributed by atoms with Crippen LogP contribution in [-0.2, 0) is 21.3 Å². The van der Waals surface area contributed by atoms with E-state index < -0.39 is 22.2 Å². The van der Waals surface area contributed by atoms with E-state index in [1.165, 1.54) is 28.6 Å². The van der Waals surface area contributed by atoms with Crippen LogP contribution in [0.4, 0.5) is 4.39 Å². The van der Waals surface area contributed by atoms with Gasteiger partial charge in [-0.15, -0.1) is 0 Å². The lowest BCUT2D eigenvalue weighted by Crippen LogP contribution is -2.46. The number of hydrogen-bond acceptors (Lipinski definition) is 4. The summed E-state index contributed by atoms with van der Waals surface area (Å²) in [5.41, 5.74) is 1.13. The molecule has 0 aromatic heterocycles. The summed E-state index contributed by atoms with van der Waals surface area (Å²) in [6.45, 7) is 2.25. The van der Waals surface area contributed by atoms with Crippen LogP contribution < -0.4 is 5.32 Å². The average Bonchev–Trinajstić information content (AvgIpc) is 2.79. The van der Waals surface area contributed by atoms with Crippen molar-refractivity contribution < 1.29 is 22.3 Å². The minimum Gasteiger partial charge on any atom is -0.383 e. The number of sulfonamides is 1. The van der Waals surface area contributed by atoms with Crippen LogP contribution in [-0.4, -0.2) is 50.6 Å². The molecular weight excluding hydrogens is 499 g/mol. The Kier molecular flexibility index (Phi) is 10.8. The molecule has 3 atom stereocenters. The summed E-state index contributed by atoms with van der Waals surface area (Å²) in [5, 5.41) is 3.26. The van der Waals surface area contributed by atoms with Crippen LogP contribution in [0, 0.1) is 0 Å². The maximum atomic E-state index is 14.9. The van der Waals surface area contributed by atoms with Gasteiger partial charge >= 0.3 is 0 Å². The summed E-state index contributed by atoms with van der Waals surface area (Å²) >= 11 is 5.92. The van der Waals surface area contributed by atoms with Gasteiger partial charge < -0.3 is 10.1 Å². The molecule has 1 fully saturated rings. The Morgan fingerprint density at radius 1 is 1.15 bits per heavy atom. The Bertz CT molecular complexity index is 1040. The van der Waals surface area contributed by atoms with Crippen molar-refractivity contribution in [2.75, 3.05) is 13.7 Å². The number of methoxy groups -OCH3 is 1. The van der Waals surface area contributed by atoms with Crippen LogP contribution in [0.15, 0.2) is 53.4 Å². The molecule has 3 rings (SSSR count). The maximum absolute atomic E-state index is 14.9. The summed E-state index contributed by atoms with van der Waals surface area (Å²) in [4.78, 5) is 12.5. The Hall–Kier alpha value is -1.65. The quantitative estimate of drug-likeness (QED) is 0.510. The lowest BCUT2D eigenvalue weighted by Gasteiger charge is -2.35. The highest BCUT2D eigenvalue weighted by Crippen LogP contribution is 2.32. The summed E-state index contributed by atoms with van der Waals surface area (Å²) in [7, 11) is -2.39. The molecule has 6 nitrogen and oxygen atoms in total. The number of ether oxygens (including phenoxy) is 1. The second kappa shape index (κ2) is 12.9. The fourth-order valence-corrected chi connectivity index (χ4v) is 5.84. The predicted molar refractivity (Wildman–Crippen MR) is 137 cm³/mol. The zero-order chi connectivity index (χ0) is 24.0. The number of carbonyl (C=O) groups is 1. The fraction of sp³-hybridized carbons (Fsp3) is 0.458. The van der Waals surface area contributed by atoms with Crippen LogP contribution in [0.1, 0.15) is 48.5 Å². The number of benzene rings is 2. The van der Waals surface area contributed by atoms with Gasteiger partial charge in [0.2, 0.25) is 10.0 Å². The number of halogens is 2. The van der Waals surface area contributed by atoms with E-state index in [0.717, 1.165) is 12.8 Å². The SMILES string of the molecule is COC[C@H](C)NC(=O)c1ccc(CN(C2CCCCC2F)S(=O)(=O)c2ccc(Cl)cc2)cc1.S. The van der Waals surface area contributed by atoms with Crippen LogP contribution in [0.5, 0.6) is 0 Å². The molecule has 10 heteroatoms. The molecule has 0 aliphatic heterocycles. The van der Waals surface area contributed by atoms with Crippen molar-refractivity contribution in [3.05, 3.63) is 64.7 Å². The van der Waals surface area contributed by atoms with Gasteiger partial charge in [-0.05, 0) is 61.7 Å². The van der Waals surface area contributed by atoms with Crippen molar-refractivity contribution in [1.29, 1.82) is 0 Å². The van der Waals surface area contributed by atoms with E-state index in [9.17, 15) is 17.6 Å². The predicted octanol–water partition coefficient (Wildman–Crippen LogP) is 4.69. The molecule has 2 unspecified atom stereocenters. The molecule has 0 heterocycles. The molecule has 1 aliphatic rings. The Balaban J connectivity index is 0.00000408. The topological polar surface area (TPSA) is 75.7 Å². The number of amides is 1. The second-order valence-electron chi connectivity index (χ2n) is 8.40. The minimum absolute atomic E-state index is 0. The van der Waals surface area contributed by atoms with Gasteiger partial charge in [-0.1, -0.05) is 36.6 Å². The van der Waals surface area contributed by atoms with Crippen LogP contribution in [0.3, 0.4) is 0 Å². The molecule has 2 aromatic rings. The number of nitrogens with one attached hydrogen (secondary N) is 1. The smallest absolute Gasteiger partial charge is 0.251 e. The van der Waals surface area contributed by atoms with Crippen molar-refractivity contribution in [1.82, 2.24) is 9.62 Å². The lowest BCUT2D eigenvalue weighted by molar-refractivity contribution is 0.0905. The van der Waals surface area contributed by atoms with Gasteiger partial charge in [0.1, 0.15) is 6.17 Å². The average molecular weight is 531 g/mol. The first-order valence-electron chi connectivity index (χ1n) is 11.0. The van der Waals surface area contributed by atoms with E-state index in [1.54, 1.807) is 31.4 Å². The van der Waals surface area contributed by atoms with Gasteiger partial charge in [-0.2, -0.15) is 17.8 Å². The first kappa shape index (κ1) is 28.6. The maximum Gasteiger partial charge on any atom is 0.251 e. The van der Waals surface area contributed by atoms with Gasteiger partial charge in [0.05, 0.1) is 17.5 Å². The summed E-state index contributed by atoms with van der Waals surface area (Å²) in [6.07, 6.45) is 1.10. The molecular formula is C24H32ClFN2O4S2. The van der Waals surface area contributed by atoms with Crippen LogP contribution in [0.25, 0.3) is 0 Å². The molecule has 0 radical (unpaired) electrons. The van der Waals surface area contributed by atoms with Crippen molar-refractivity contribution in [2.24, 2.45) is 0 Å². The zero-order valence-electron chi connectivity index (χ0n) is 19.3. The van der Waals surface area contributed by atoms with Crippen molar-refractivity contribution >= 4 is 41.0 Å². The lowest BCUT2D eigenvalue weighted by atomic mass is 9.93. The van der Waals surface area contributed by atoms with Gasteiger partial charge in [-0.25, -0.2) is 12.8 Å². The highest BCUT2D eigenvalue weighted by molar-refractivity contribution is 7.89. The summed E-state index contributed by atoms with van der Waals surface area (Å²) < 4.78 is 48.1. The van der Waals surface area contributed by atoms with E-state index in [-0.39, 0.29) is 36.9 Å². The molecule has 1 saturated carbocycles. The third-order valence-corrected chi connectivity index (χ3v) is 7.92. The Morgan fingerprint density at radius 3 is 2.35 bits per heavy atom. The zero-order valence-corrected chi connectivity index (χ0v) is 21.9. The molecule has 0 saturated heterocycles. The molecule has 0 spiro atoms. The molecule has 0 bridgehead atoms. The van der Waals surface area contributed by atoms with E-state index in [1.807, 2.05) is 6.92 Å². The van der Waals surface area contributed by atoms with E-state index >= 15 is 0 Å². The van der Waals surface area contributed by atoms with Crippen LogP contribution >= 0.6 is 25.1 Å². The number of carbonyl (C=O) groups excluding carboxylic acids is 1. The largest absolute Gasteiger partial charge is 0.383 e. The highest BCUT2D eigenvalue weighted by Gasteiger charge is 2.38. The third-order valence-electron chi connectivity index (χ3n) is 5.79. The van der Waals surface area contributed by atoms with E-state index in [4.69, 9.17) is 16.3 Å². The summed E-state index contributed by atoms with van der Waals surface area (Å²) in [5.74, 6) is -0.243. The summed E-state index contributed by atoms with van der Waals surface area (Å²) in [6, 6.07) is 11.7. The molecule has 34 heavy (non-hydrogen) atoms. The number of alkyl halides is 1. The van der Waals surface area contributed by atoms with Gasteiger partial charge in [0.25, 0.3) is 5.91 Å². The highest BCUT2D eigenvalue weighted by atomic mass is 35.5. The Labute approximate surface area is 213 Å². The first-order chi connectivity index (χ1) is 15.7. The minimum atomic E-state index is -3.96. The normalized spacial score (nSPS) is 19.3. The monoisotopic (exact) mass is 530 g/mol. The molecule has 2 aromatic carbocycles. The second-order valence-corrected chi connectivity index (χ2v) is 10.7. The molecule has 1 amide bonds. The van der Waals surface area contributed by atoms with Crippen LogP contribution in [0.2, 0.25) is 5.02 Å². The third kappa shape index (κ3) is 7.18. The van der Waals surface area contributed by atoms with Crippen molar-refractivity contribution in [3.8, 4) is 0 Å². The van der Waals surface area contributed by atoms with Gasteiger partial charge in [0.15, 0.2) is 0 Å². The molecule has 188 valence electrons. The fourth-order valence-electron chi connectivity index (χ4n) is 4.05. The molecule has 1 N–H and O–H groups in total. The van der Waals surface area contributed by atoms with Crippen molar-refractivity contribution in [2.45, 2.75) is 62.3 Å². The number of rotatable bonds is 9. The first-order valence-corrected chi connectivity index (χ1v) is 12.8. The number of nitrogens with zero attached hydrogens (tertiary/aromatic N) is 1.